The summed E-state index contributed by atoms with van der Waals surface area (Å²) in [7, 11) is 1.47. The first kappa shape index (κ1) is 12.7. The van der Waals surface area contributed by atoms with Crippen molar-refractivity contribution in [2.75, 3.05) is 7.11 Å². The van der Waals surface area contributed by atoms with Crippen LogP contribution in [0, 0.1) is 0 Å². The largest absolute Gasteiger partial charge is 0.496 e. The van der Waals surface area contributed by atoms with Gasteiger partial charge in [-0.3, -0.25) is 0 Å². The zero-order valence-corrected chi connectivity index (χ0v) is 9.97. The number of aryl methyl sites for hydroxylation is 1. The second kappa shape index (κ2) is 4.51. The van der Waals surface area contributed by atoms with Crippen LogP contribution in [0.25, 0.3) is 11.0 Å². The summed E-state index contributed by atoms with van der Waals surface area (Å²) < 4.78 is 48.1. The van der Waals surface area contributed by atoms with E-state index in [1.807, 2.05) is 6.92 Å². The van der Waals surface area contributed by atoms with E-state index >= 15 is 0 Å². The fourth-order valence-electron chi connectivity index (χ4n) is 1.92. The third-order valence-corrected chi connectivity index (χ3v) is 2.69. The molecule has 0 aliphatic rings. The summed E-state index contributed by atoms with van der Waals surface area (Å²) in [5.74, 6) is 0.522. The van der Waals surface area contributed by atoms with Crippen LogP contribution in [0.5, 0.6) is 5.75 Å². The van der Waals surface area contributed by atoms with Gasteiger partial charge >= 0.3 is 6.18 Å². The number of alkyl halides is 3. The third-order valence-electron chi connectivity index (χ3n) is 2.69. The molecule has 0 aliphatic heterocycles. The van der Waals surface area contributed by atoms with E-state index in [1.54, 1.807) is 0 Å². The molecule has 6 heteroatoms. The quantitative estimate of drug-likeness (QED) is 0.840. The van der Waals surface area contributed by atoms with E-state index in [1.165, 1.54) is 19.2 Å². The van der Waals surface area contributed by atoms with Crippen molar-refractivity contribution in [3.05, 3.63) is 23.4 Å². The minimum absolute atomic E-state index is 0.0215. The zero-order chi connectivity index (χ0) is 13.3. The van der Waals surface area contributed by atoms with Gasteiger partial charge in [0.15, 0.2) is 11.3 Å². The van der Waals surface area contributed by atoms with Gasteiger partial charge in [-0.15, -0.1) is 0 Å². The Morgan fingerprint density at radius 3 is 2.61 bits per heavy atom. The van der Waals surface area contributed by atoms with Crippen LogP contribution in [0.2, 0.25) is 0 Å². The highest BCUT2D eigenvalue weighted by atomic mass is 19.4. The molecule has 0 unspecified atom stereocenters. The Morgan fingerprint density at radius 1 is 1.33 bits per heavy atom. The molecular weight excluding hydrogens is 247 g/mol. The van der Waals surface area contributed by atoms with Crippen molar-refractivity contribution in [1.82, 2.24) is 5.16 Å². The molecule has 3 nitrogen and oxygen atoms in total. The van der Waals surface area contributed by atoms with Crippen molar-refractivity contribution in [2.24, 2.45) is 0 Å². The summed E-state index contributed by atoms with van der Waals surface area (Å²) >= 11 is 0. The standard InChI is InChI=1S/C12H12F3NO2/c1-3-4-7-9(17-2)6-5-8-10(7)18-16-11(8)12(13,14)15/h5-6H,3-4H2,1-2H3. The third kappa shape index (κ3) is 2.02. The van der Waals surface area contributed by atoms with Gasteiger partial charge in [0.05, 0.1) is 12.5 Å². The number of halogens is 3. The molecule has 1 aromatic carbocycles. The SMILES string of the molecule is CCCc1c(OC)ccc2c(C(F)(F)F)noc12. The van der Waals surface area contributed by atoms with Gasteiger partial charge in [0.1, 0.15) is 5.75 Å². The minimum atomic E-state index is -4.51. The normalized spacial score (nSPS) is 12.1. The van der Waals surface area contributed by atoms with Crippen molar-refractivity contribution in [3.8, 4) is 5.75 Å². The molecule has 18 heavy (non-hydrogen) atoms. The highest BCUT2D eigenvalue weighted by Gasteiger charge is 2.37. The lowest BCUT2D eigenvalue weighted by atomic mass is 10.0. The molecule has 1 heterocycles. The minimum Gasteiger partial charge on any atom is -0.496 e. The summed E-state index contributed by atoms with van der Waals surface area (Å²) in [4.78, 5) is 0. The van der Waals surface area contributed by atoms with Gasteiger partial charge in [-0.2, -0.15) is 13.2 Å². The number of rotatable bonds is 3. The topological polar surface area (TPSA) is 35.3 Å². The average Bonchev–Trinajstić information content (AvgIpc) is 2.73. The molecular formula is C12H12F3NO2. The molecule has 2 aromatic rings. The van der Waals surface area contributed by atoms with Gasteiger partial charge < -0.3 is 9.26 Å². The molecule has 0 radical (unpaired) electrons. The molecule has 0 atom stereocenters. The van der Waals surface area contributed by atoms with Crippen LogP contribution in [-0.2, 0) is 12.6 Å². The first-order chi connectivity index (χ1) is 8.49. The van der Waals surface area contributed by atoms with Crippen LogP contribution in [0.15, 0.2) is 16.7 Å². The van der Waals surface area contributed by atoms with E-state index in [0.29, 0.717) is 17.7 Å². The Balaban J connectivity index is 2.68. The van der Waals surface area contributed by atoms with E-state index in [-0.39, 0.29) is 11.0 Å². The van der Waals surface area contributed by atoms with Crippen LogP contribution in [0.1, 0.15) is 24.6 Å². The smallest absolute Gasteiger partial charge is 0.437 e. The maximum atomic E-state index is 12.7. The Labute approximate surface area is 102 Å². The lowest BCUT2D eigenvalue weighted by molar-refractivity contribution is -0.141. The summed E-state index contributed by atoms with van der Waals surface area (Å²) in [5, 5.41) is 3.11. The van der Waals surface area contributed by atoms with Gasteiger partial charge in [-0.05, 0) is 18.6 Å². The van der Waals surface area contributed by atoms with E-state index < -0.39 is 11.9 Å². The van der Waals surface area contributed by atoms with Crippen LogP contribution in [0.4, 0.5) is 13.2 Å². The fourth-order valence-corrected chi connectivity index (χ4v) is 1.92. The van der Waals surface area contributed by atoms with Gasteiger partial charge in [0.25, 0.3) is 0 Å². The number of hydrogen-bond donors (Lipinski definition) is 0. The van der Waals surface area contributed by atoms with Crippen LogP contribution >= 0.6 is 0 Å². The predicted octanol–water partition coefficient (Wildman–Crippen LogP) is 3.81. The van der Waals surface area contributed by atoms with E-state index in [9.17, 15) is 13.2 Å². The molecule has 0 bridgehead atoms. The molecule has 0 aliphatic carbocycles. The summed E-state index contributed by atoms with van der Waals surface area (Å²) in [5.41, 5.74) is -0.207. The number of benzene rings is 1. The Kier molecular flexibility index (Phi) is 3.19. The number of nitrogens with zero attached hydrogens (tertiary/aromatic N) is 1. The van der Waals surface area contributed by atoms with Crippen molar-refractivity contribution < 1.29 is 22.4 Å². The molecule has 0 N–H and O–H groups in total. The Bertz CT molecular complexity index is 560. The second-order valence-corrected chi connectivity index (χ2v) is 3.90. The Morgan fingerprint density at radius 2 is 2.06 bits per heavy atom. The predicted molar refractivity (Wildman–Crippen MR) is 59.6 cm³/mol. The molecule has 0 amide bonds. The van der Waals surface area contributed by atoms with E-state index in [2.05, 4.69) is 5.16 Å². The molecule has 0 fully saturated rings. The van der Waals surface area contributed by atoms with Crippen LogP contribution < -0.4 is 4.74 Å². The van der Waals surface area contributed by atoms with E-state index in [4.69, 9.17) is 9.26 Å². The van der Waals surface area contributed by atoms with Gasteiger partial charge in [0, 0.05) is 5.56 Å². The van der Waals surface area contributed by atoms with E-state index in [0.717, 1.165) is 6.42 Å². The maximum absolute atomic E-state index is 12.7. The molecule has 0 spiro atoms. The van der Waals surface area contributed by atoms with Crippen molar-refractivity contribution in [3.63, 3.8) is 0 Å². The molecule has 0 saturated carbocycles. The number of ether oxygens (including phenoxy) is 1. The van der Waals surface area contributed by atoms with Crippen LogP contribution in [0.3, 0.4) is 0 Å². The van der Waals surface area contributed by atoms with Gasteiger partial charge in [-0.1, -0.05) is 18.5 Å². The molecule has 1 aromatic heterocycles. The molecule has 2 rings (SSSR count). The van der Waals surface area contributed by atoms with Crippen molar-refractivity contribution in [2.45, 2.75) is 25.9 Å². The van der Waals surface area contributed by atoms with Gasteiger partial charge in [-0.25, -0.2) is 0 Å². The lowest BCUT2D eigenvalue weighted by Gasteiger charge is -2.07. The highest BCUT2D eigenvalue weighted by Crippen LogP contribution is 2.37. The highest BCUT2D eigenvalue weighted by molar-refractivity contribution is 5.85. The number of hydrogen-bond acceptors (Lipinski definition) is 3. The maximum Gasteiger partial charge on any atom is 0.437 e. The van der Waals surface area contributed by atoms with Gasteiger partial charge in [0.2, 0.25) is 0 Å². The fraction of sp³-hybridized carbons (Fsp3) is 0.417. The lowest BCUT2D eigenvalue weighted by Crippen LogP contribution is -2.05. The van der Waals surface area contributed by atoms with Crippen molar-refractivity contribution in [1.29, 1.82) is 0 Å². The second-order valence-electron chi connectivity index (χ2n) is 3.90. The average molecular weight is 259 g/mol. The summed E-state index contributed by atoms with van der Waals surface area (Å²) in [6.45, 7) is 1.93. The first-order valence-corrected chi connectivity index (χ1v) is 5.51. The molecule has 0 saturated heterocycles. The number of methoxy groups -OCH3 is 1. The molecule has 98 valence electrons. The zero-order valence-electron chi connectivity index (χ0n) is 9.97. The summed E-state index contributed by atoms with van der Waals surface area (Å²) in [6, 6.07) is 2.84. The van der Waals surface area contributed by atoms with Crippen molar-refractivity contribution >= 4 is 11.0 Å². The summed E-state index contributed by atoms with van der Waals surface area (Å²) in [6.07, 6.45) is -3.16. The monoisotopic (exact) mass is 259 g/mol. The first-order valence-electron chi connectivity index (χ1n) is 5.51. The Hall–Kier alpha value is -1.72. The number of aromatic nitrogens is 1. The number of fused-ring (bicyclic) bond motifs is 1. The van der Waals surface area contributed by atoms with Crippen LogP contribution in [-0.4, -0.2) is 12.3 Å².